The van der Waals surface area contributed by atoms with Crippen LogP contribution in [-0.4, -0.2) is 5.91 Å². The molecular weight excluding hydrogens is 248 g/mol. The summed E-state index contributed by atoms with van der Waals surface area (Å²) in [6, 6.07) is 13.7. The maximum atomic E-state index is 12.4. The van der Waals surface area contributed by atoms with E-state index >= 15 is 0 Å². The number of benzene rings is 2. The van der Waals surface area contributed by atoms with Gasteiger partial charge in [0.1, 0.15) is 0 Å². The predicted octanol–water partition coefficient (Wildman–Crippen LogP) is 3.38. The van der Waals surface area contributed by atoms with E-state index in [4.69, 9.17) is 5.73 Å². The zero-order valence-corrected chi connectivity index (χ0v) is 11.6. The lowest BCUT2D eigenvalue weighted by atomic mass is 10.1. The Morgan fingerprint density at radius 2 is 1.90 bits per heavy atom. The van der Waals surface area contributed by atoms with Gasteiger partial charge in [-0.05, 0) is 47.9 Å². The van der Waals surface area contributed by atoms with Crippen LogP contribution in [0.5, 0.6) is 0 Å². The van der Waals surface area contributed by atoms with Crippen LogP contribution >= 0.6 is 0 Å². The van der Waals surface area contributed by atoms with Crippen molar-refractivity contribution in [3.05, 3.63) is 59.2 Å². The molecule has 102 valence electrons. The van der Waals surface area contributed by atoms with Crippen molar-refractivity contribution in [2.75, 3.05) is 10.6 Å². The molecule has 0 spiro atoms. The van der Waals surface area contributed by atoms with Crippen molar-refractivity contribution in [3.8, 4) is 0 Å². The molecule has 0 atom stereocenters. The molecular formula is C17H18N2O. The Kier molecular flexibility index (Phi) is 3.18. The second kappa shape index (κ2) is 5.00. The first kappa shape index (κ1) is 12.7. The lowest BCUT2D eigenvalue weighted by Crippen LogP contribution is -2.22. The third-order valence-corrected chi connectivity index (χ3v) is 3.72. The summed E-state index contributed by atoms with van der Waals surface area (Å²) >= 11 is 0. The molecule has 0 fully saturated rings. The SMILES string of the molecule is CCCc1ccc(N2Cc3cc(N)ccc3C2=O)cc1. The summed E-state index contributed by atoms with van der Waals surface area (Å²) in [5, 5.41) is 0. The normalized spacial score (nSPS) is 13.7. The van der Waals surface area contributed by atoms with Crippen LogP contribution in [0.25, 0.3) is 0 Å². The third kappa shape index (κ3) is 2.16. The van der Waals surface area contributed by atoms with E-state index in [9.17, 15) is 4.79 Å². The smallest absolute Gasteiger partial charge is 0.258 e. The van der Waals surface area contributed by atoms with E-state index in [1.165, 1.54) is 5.56 Å². The highest BCUT2D eigenvalue weighted by Crippen LogP contribution is 2.29. The van der Waals surface area contributed by atoms with Gasteiger partial charge in [0.25, 0.3) is 5.91 Å². The predicted molar refractivity (Wildman–Crippen MR) is 81.8 cm³/mol. The van der Waals surface area contributed by atoms with Crippen molar-refractivity contribution in [2.24, 2.45) is 0 Å². The number of carbonyl (C=O) groups excluding carboxylic acids is 1. The Labute approximate surface area is 119 Å². The first-order valence-corrected chi connectivity index (χ1v) is 6.98. The zero-order chi connectivity index (χ0) is 14.1. The first-order valence-electron chi connectivity index (χ1n) is 6.98. The molecule has 0 saturated carbocycles. The molecule has 3 nitrogen and oxygen atoms in total. The van der Waals surface area contributed by atoms with E-state index in [2.05, 4.69) is 19.1 Å². The van der Waals surface area contributed by atoms with Gasteiger partial charge in [-0.15, -0.1) is 0 Å². The third-order valence-electron chi connectivity index (χ3n) is 3.72. The van der Waals surface area contributed by atoms with Gasteiger partial charge in [-0.1, -0.05) is 25.5 Å². The molecule has 3 heteroatoms. The number of aryl methyl sites for hydroxylation is 1. The second-order valence-corrected chi connectivity index (χ2v) is 5.22. The fraction of sp³-hybridized carbons (Fsp3) is 0.235. The Morgan fingerprint density at radius 1 is 1.15 bits per heavy atom. The van der Waals surface area contributed by atoms with E-state index in [1.54, 1.807) is 11.0 Å². The van der Waals surface area contributed by atoms with Gasteiger partial charge in [-0.3, -0.25) is 4.79 Å². The molecule has 3 rings (SSSR count). The Bertz CT molecular complexity index is 647. The summed E-state index contributed by atoms with van der Waals surface area (Å²) in [4.78, 5) is 14.2. The Balaban J connectivity index is 1.88. The van der Waals surface area contributed by atoms with Crippen LogP contribution in [0.15, 0.2) is 42.5 Å². The van der Waals surface area contributed by atoms with Crippen LogP contribution in [-0.2, 0) is 13.0 Å². The fourth-order valence-corrected chi connectivity index (χ4v) is 2.68. The molecule has 0 bridgehead atoms. The van der Waals surface area contributed by atoms with E-state index in [1.807, 2.05) is 24.3 Å². The van der Waals surface area contributed by atoms with Crippen molar-refractivity contribution in [1.29, 1.82) is 0 Å². The van der Waals surface area contributed by atoms with Crippen molar-refractivity contribution in [3.63, 3.8) is 0 Å². The molecule has 2 aromatic carbocycles. The van der Waals surface area contributed by atoms with Gasteiger partial charge in [0.15, 0.2) is 0 Å². The zero-order valence-electron chi connectivity index (χ0n) is 11.6. The molecule has 2 aromatic rings. The lowest BCUT2D eigenvalue weighted by Gasteiger charge is -2.16. The molecule has 0 aliphatic carbocycles. The lowest BCUT2D eigenvalue weighted by molar-refractivity contribution is 0.0996. The molecule has 0 saturated heterocycles. The van der Waals surface area contributed by atoms with Gasteiger partial charge in [0.05, 0.1) is 6.54 Å². The molecule has 20 heavy (non-hydrogen) atoms. The minimum absolute atomic E-state index is 0.0586. The second-order valence-electron chi connectivity index (χ2n) is 5.22. The number of anilines is 2. The highest BCUT2D eigenvalue weighted by Gasteiger charge is 2.28. The van der Waals surface area contributed by atoms with E-state index < -0.39 is 0 Å². The van der Waals surface area contributed by atoms with Crippen LogP contribution in [0, 0.1) is 0 Å². The van der Waals surface area contributed by atoms with Gasteiger partial charge in [-0.25, -0.2) is 0 Å². The number of hydrogen-bond donors (Lipinski definition) is 1. The number of nitrogens with zero attached hydrogens (tertiary/aromatic N) is 1. The average molecular weight is 266 g/mol. The quantitative estimate of drug-likeness (QED) is 0.866. The molecule has 0 aromatic heterocycles. The molecule has 0 unspecified atom stereocenters. The van der Waals surface area contributed by atoms with Gasteiger partial charge in [0, 0.05) is 16.9 Å². The largest absolute Gasteiger partial charge is 0.399 e. The van der Waals surface area contributed by atoms with Gasteiger partial charge in [-0.2, -0.15) is 0 Å². The first-order chi connectivity index (χ1) is 9.69. The van der Waals surface area contributed by atoms with Gasteiger partial charge >= 0.3 is 0 Å². The summed E-state index contributed by atoms with van der Waals surface area (Å²) in [7, 11) is 0. The topological polar surface area (TPSA) is 46.3 Å². The number of amides is 1. The average Bonchev–Trinajstić information content (AvgIpc) is 2.77. The Morgan fingerprint density at radius 3 is 2.60 bits per heavy atom. The molecule has 1 heterocycles. The van der Waals surface area contributed by atoms with Crippen LogP contribution in [0.4, 0.5) is 11.4 Å². The summed E-state index contributed by atoms with van der Waals surface area (Å²) in [5.41, 5.74) is 10.5. The van der Waals surface area contributed by atoms with Crippen molar-refractivity contribution in [2.45, 2.75) is 26.3 Å². The number of fused-ring (bicyclic) bond motifs is 1. The molecule has 1 amide bonds. The van der Waals surface area contributed by atoms with Crippen LogP contribution in [0.3, 0.4) is 0 Å². The summed E-state index contributed by atoms with van der Waals surface area (Å²) in [6.07, 6.45) is 2.21. The standard InChI is InChI=1S/C17H18N2O/c1-2-3-12-4-7-15(8-5-12)19-11-13-10-14(18)6-9-16(13)17(19)20/h4-10H,2-3,11,18H2,1H3. The summed E-state index contributed by atoms with van der Waals surface area (Å²) < 4.78 is 0. The molecule has 1 aliphatic rings. The molecule has 2 N–H and O–H groups in total. The fourth-order valence-electron chi connectivity index (χ4n) is 2.68. The summed E-state index contributed by atoms with van der Waals surface area (Å²) in [6.45, 7) is 2.77. The number of hydrogen-bond acceptors (Lipinski definition) is 2. The minimum Gasteiger partial charge on any atom is -0.399 e. The van der Waals surface area contributed by atoms with Crippen molar-refractivity contribution in [1.82, 2.24) is 0 Å². The van der Waals surface area contributed by atoms with Crippen LogP contribution < -0.4 is 10.6 Å². The maximum Gasteiger partial charge on any atom is 0.258 e. The molecule has 1 aliphatic heterocycles. The molecule has 0 radical (unpaired) electrons. The van der Waals surface area contributed by atoms with E-state index in [0.29, 0.717) is 12.2 Å². The van der Waals surface area contributed by atoms with Crippen LogP contribution in [0.2, 0.25) is 0 Å². The van der Waals surface area contributed by atoms with E-state index in [0.717, 1.165) is 29.7 Å². The minimum atomic E-state index is 0.0586. The van der Waals surface area contributed by atoms with Gasteiger partial charge < -0.3 is 10.6 Å². The summed E-state index contributed by atoms with van der Waals surface area (Å²) in [5.74, 6) is 0.0586. The Hall–Kier alpha value is -2.29. The van der Waals surface area contributed by atoms with E-state index in [-0.39, 0.29) is 5.91 Å². The van der Waals surface area contributed by atoms with Gasteiger partial charge in [0.2, 0.25) is 0 Å². The van der Waals surface area contributed by atoms with Crippen molar-refractivity contribution < 1.29 is 4.79 Å². The number of carbonyl (C=O) groups is 1. The number of nitrogens with two attached hydrogens (primary N) is 1. The highest BCUT2D eigenvalue weighted by atomic mass is 16.2. The van der Waals surface area contributed by atoms with Crippen LogP contribution in [0.1, 0.15) is 34.8 Å². The maximum absolute atomic E-state index is 12.4. The monoisotopic (exact) mass is 266 g/mol. The number of rotatable bonds is 3. The number of nitrogen functional groups attached to an aromatic ring is 1. The van der Waals surface area contributed by atoms with Crippen molar-refractivity contribution >= 4 is 17.3 Å². The highest BCUT2D eigenvalue weighted by molar-refractivity contribution is 6.10.